The number of likely N-dealkylation sites (tertiary alicyclic amines) is 1. The molecule has 1 unspecified atom stereocenters. The molecule has 2 aromatic rings. The summed E-state index contributed by atoms with van der Waals surface area (Å²) in [6.45, 7) is 5.91. The molecule has 0 bridgehead atoms. The first-order valence-electron chi connectivity index (χ1n) is 11.6. The summed E-state index contributed by atoms with van der Waals surface area (Å²) in [6.07, 6.45) is -1.87. The number of thiazole rings is 1. The van der Waals surface area contributed by atoms with Crippen LogP contribution in [-0.4, -0.2) is 51.9 Å². The van der Waals surface area contributed by atoms with Gasteiger partial charge in [-0.2, -0.15) is 13.2 Å². The maximum absolute atomic E-state index is 13.4. The monoisotopic (exact) mass is 494 g/mol. The quantitative estimate of drug-likeness (QED) is 0.571. The van der Waals surface area contributed by atoms with E-state index in [1.165, 1.54) is 28.4 Å². The lowest BCUT2D eigenvalue weighted by molar-refractivity contribution is -0.137. The Morgan fingerprint density at radius 2 is 1.97 bits per heavy atom. The number of imide groups is 1. The van der Waals surface area contributed by atoms with E-state index in [0.29, 0.717) is 57.4 Å². The zero-order chi connectivity index (χ0) is 24.5. The first-order chi connectivity index (χ1) is 16.1. The number of piperidine rings is 1. The van der Waals surface area contributed by atoms with Crippen molar-refractivity contribution < 1.29 is 22.8 Å². The number of alkyl halides is 3. The predicted molar refractivity (Wildman–Crippen MR) is 123 cm³/mol. The van der Waals surface area contributed by atoms with E-state index in [1.54, 1.807) is 11.6 Å². The van der Waals surface area contributed by atoms with Crippen molar-refractivity contribution in [2.75, 3.05) is 19.6 Å². The fourth-order valence-electron chi connectivity index (χ4n) is 5.12. The van der Waals surface area contributed by atoms with Crippen molar-refractivity contribution in [1.29, 1.82) is 0 Å². The van der Waals surface area contributed by atoms with Gasteiger partial charge in [0.25, 0.3) is 5.91 Å². The Kier molecular flexibility index (Phi) is 7.00. The summed E-state index contributed by atoms with van der Waals surface area (Å²) in [5, 5.41) is 3.00. The van der Waals surface area contributed by atoms with Crippen LogP contribution in [0, 0.1) is 12.8 Å². The lowest BCUT2D eigenvalue weighted by Crippen LogP contribution is -2.55. The molecule has 0 saturated carbocycles. The highest BCUT2D eigenvalue weighted by Crippen LogP contribution is 2.37. The van der Waals surface area contributed by atoms with Gasteiger partial charge in [0.2, 0.25) is 0 Å². The van der Waals surface area contributed by atoms with Crippen LogP contribution in [0.5, 0.6) is 0 Å². The predicted octanol–water partition coefficient (Wildman–Crippen LogP) is 4.63. The number of hydrogen-bond acceptors (Lipinski definition) is 5. The smallest absolute Gasteiger partial charge is 0.323 e. The number of nitrogens with zero attached hydrogens (tertiary/aromatic N) is 3. The average molecular weight is 495 g/mol. The van der Waals surface area contributed by atoms with Crippen LogP contribution in [0.2, 0.25) is 0 Å². The maximum Gasteiger partial charge on any atom is 0.416 e. The summed E-state index contributed by atoms with van der Waals surface area (Å²) in [5.41, 5.74) is 1.75. The minimum atomic E-state index is -4.36. The second-order valence-corrected chi connectivity index (χ2v) is 10.0. The first kappa shape index (κ1) is 24.7. The Labute approximate surface area is 201 Å². The van der Waals surface area contributed by atoms with E-state index in [9.17, 15) is 22.8 Å². The second kappa shape index (κ2) is 9.65. The molecule has 0 radical (unpaired) electrons. The minimum Gasteiger partial charge on any atom is -0.323 e. The molecule has 0 aliphatic carbocycles. The molecule has 3 amide bonds. The molecule has 1 atom stereocenters. The van der Waals surface area contributed by atoms with Crippen molar-refractivity contribution in [2.24, 2.45) is 5.92 Å². The van der Waals surface area contributed by atoms with Gasteiger partial charge in [0.05, 0.1) is 16.8 Å². The summed E-state index contributed by atoms with van der Waals surface area (Å²) in [4.78, 5) is 34.9. The largest absolute Gasteiger partial charge is 0.416 e. The average Bonchev–Trinajstić information content (AvgIpc) is 3.32. The molecular weight excluding hydrogens is 465 g/mol. The number of halogens is 3. The second-order valence-electron chi connectivity index (χ2n) is 9.07. The molecule has 4 rings (SSSR count). The van der Waals surface area contributed by atoms with Crippen molar-refractivity contribution in [3.63, 3.8) is 0 Å². The highest BCUT2D eigenvalue weighted by molar-refractivity contribution is 7.09. The maximum atomic E-state index is 13.4. The van der Waals surface area contributed by atoms with Crippen molar-refractivity contribution in [2.45, 2.75) is 57.8 Å². The third kappa shape index (κ3) is 4.84. The topological polar surface area (TPSA) is 65.5 Å². The zero-order valence-corrected chi connectivity index (χ0v) is 20.1. The zero-order valence-electron chi connectivity index (χ0n) is 19.3. The summed E-state index contributed by atoms with van der Waals surface area (Å²) in [7, 11) is 0. The third-order valence-electron chi connectivity index (χ3n) is 7.11. The number of nitrogens with one attached hydrogen (secondary N) is 1. The molecule has 2 aliphatic heterocycles. The fourth-order valence-corrected chi connectivity index (χ4v) is 5.89. The van der Waals surface area contributed by atoms with Gasteiger partial charge in [0.1, 0.15) is 5.54 Å². The van der Waals surface area contributed by atoms with Crippen molar-refractivity contribution in [3.05, 3.63) is 51.5 Å². The van der Waals surface area contributed by atoms with Crippen molar-refractivity contribution in [1.82, 2.24) is 20.1 Å². The molecule has 2 saturated heterocycles. The standard InChI is InChI=1S/C24H29F3N4O2S/c1-3-23(21(32)31(22(33)29-23)12-9-20-16(2)28-15-34-20)18-7-10-30(11-8-18)14-17-5-4-6-19(13-17)24(25,26)27/h4-6,13,15,18H,3,7-12,14H2,1-2H3,(H,29,33). The Bertz CT molecular complexity index is 1050. The SMILES string of the molecule is CCC1(C2CCN(Cc3cccc(C(F)(F)F)c3)CC2)NC(=O)N(CCc2scnc2C)C1=O. The molecule has 1 aromatic heterocycles. The number of carbonyl (C=O) groups is 2. The van der Waals surface area contributed by atoms with Crippen LogP contribution < -0.4 is 5.32 Å². The Hall–Kier alpha value is -2.46. The molecule has 2 aliphatic rings. The highest BCUT2D eigenvalue weighted by Gasteiger charge is 2.54. The molecule has 10 heteroatoms. The molecule has 1 N–H and O–H groups in total. The lowest BCUT2D eigenvalue weighted by Gasteiger charge is -2.40. The van der Waals surface area contributed by atoms with Crippen LogP contribution in [0.4, 0.5) is 18.0 Å². The van der Waals surface area contributed by atoms with Crippen LogP contribution in [0.1, 0.15) is 47.9 Å². The van der Waals surface area contributed by atoms with Crippen LogP contribution in [0.15, 0.2) is 29.8 Å². The van der Waals surface area contributed by atoms with E-state index in [-0.39, 0.29) is 17.9 Å². The van der Waals surface area contributed by atoms with E-state index < -0.39 is 17.3 Å². The van der Waals surface area contributed by atoms with E-state index in [2.05, 4.69) is 15.2 Å². The van der Waals surface area contributed by atoms with Gasteiger partial charge < -0.3 is 5.32 Å². The number of rotatable bonds is 7. The van der Waals surface area contributed by atoms with Crippen LogP contribution in [-0.2, 0) is 23.9 Å². The van der Waals surface area contributed by atoms with Gasteiger partial charge >= 0.3 is 12.2 Å². The van der Waals surface area contributed by atoms with Gasteiger partial charge in [-0.25, -0.2) is 9.78 Å². The number of amides is 3. The first-order valence-corrected chi connectivity index (χ1v) is 12.4. The van der Waals surface area contributed by atoms with E-state index in [0.717, 1.165) is 16.6 Å². The molecule has 0 spiro atoms. The molecule has 2 fully saturated rings. The van der Waals surface area contributed by atoms with E-state index >= 15 is 0 Å². The van der Waals surface area contributed by atoms with Gasteiger partial charge in [-0.3, -0.25) is 14.6 Å². The normalized spacial score (nSPS) is 22.4. The summed E-state index contributed by atoms with van der Waals surface area (Å²) in [6, 6.07) is 5.07. The number of benzene rings is 1. The third-order valence-corrected chi connectivity index (χ3v) is 8.11. The van der Waals surface area contributed by atoms with E-state index in [1.807, 2.05) is 13.8 Å². The van der Waals surface area contributed by atoms with Crippen molar-refractivity contribution >= 4 is 23.3 Å². The highest BCUT2D eigenvalue weighted by atomic mass is 32.1. The molecule has 3 heterocycles. The minimum absolute atomic E-state index is 0.0122. The van der Waals surface area contributed by atoms with Crippen LogP contribution in [0.25, 0.3) is 0 Å². The number of hydrogen-bond donors (Lipinski definition) is 1. The molecule has 1 aromatic carbocycles. The summed E-state index contributed by atoms with van der Waals surface area (Å²) >= 11 is 1.52. The van der Waals surface area contributed by atoms with Gasteiger partial charge in [-0.15, -0.1) is 11.3 Å². The van der Waals surface area contributed by atoms with Crippen LogP contribution in [0.3, 0.4) is 0 Å². The van der Waals surface area contributed by atoms with Gasteiger partial charge in [-0.05, 0) is 56.8 Å². The summed E-state index contributed by atoms with van der Waals surface area (Å²) < 4.78 is 39.1. The number of aromatic nitrogens is 1. The van der Waals surface area contributed by atoms with Crippen molar-refractivity contribution in [3.8, 4) is 0 Å². The lowest BCUT2D eigenvalue weighted by atomic mass is 9.75. The van der Waals surface area contributed by atoms with Gasteiger partial charge in [0.15, 0.2) is 0 Å². The molecule has 34 heavy (non-hydrogen) atoms. The van der Waals surface area contributed by atoms with Gasteiger partial charge in [-0.1, -0.05) is 25.1 Å². The Morgan fingerprint density at radius 1 is 1.24 bits per heavy atom. The molecule has 184 valence electrons. The number of urea groups is 1. The van der Waals surface area contributed by atoms with Crippen LogP contribution >= 0.6 is 11.3 Å². The molecular formula is C24H29F3N4O2S. The fraction of sp³-hybridized carbons (Fsp3) is 0.542. The van der Waals surface area contributed by atoms with Gasteiger partial charge in [0, 0.05) is 24.4 Å². The number of aryl methyl sites for hydroxylation is 1. The Balaban J connectivity index is 1.38. The summed E-state index contributed by atoms with van der Waals surface area (Å²) in [5.74, 6) is -0.180. The number of carbonyl (C=O) groups excluding carboxylic acids is 2. The molecule has 6 nitrogen and oxygen atoms in total. The van der Waals surface area contributed by atoms with E-state index in [4.69, 9.17) is 0 Å². The Morgan fingerprint density at radius 3 is 2.59 bits per heavy atom.